The molecule has 12 heteroatoms. The minimum Gasteiger partial charge on any atom is -0.418 e. The van der Waals surface area contributed by atoms with Crippen molar-refractivity contribution in [2.45, 2.75) is 32.4 Å². The molecular weight excluding hydrogens is 461 g/mol. The number of rotatable bonds is 9. The minimum atomic E-state index is -2.31. The van der Waals surface area contributed by atoms with Gasteiger partial charge in [0.1, 0.15) is 0 Å². The number of aliphatic hydroxyl groups excluding tert-OH is 1. The summed E-state index contributed by atoms with van der Waals surface area (Å²) in [5.74, 6) is -12.7. The second-order valence-electron chi connectivity index (χ2n) is 7.37. The fourth-order valence-corrected chi connectivity index (χ4v) is 2.97. The van der Waals surface area contributed by atoms with Gasteiger partial charge >= 0.3 is 6.01 Å². The van der Waals surface area contributed by atoms with Crippen LogP contribution in [0.5, 0.6) is 11.8 Å². The molecular formula is C22H22F5N5O2. The molecule has 0 fully saturated rings. The Labute approximate surface area is 192 Å². The Kier molecular flexibility index (Phi) is 7.82. The first-order valence-electron chi connectivity index (χ1n) is 10.3. The van der Waals surface area contributed by atoms with E-state index < -0.39 is 46.9 Å². The van der Waals surface area contributed by atoms with Gasteiger partial charge in [-0.1, -0.05) is 37.3 Å². The third kappa shape index (κ3) is 5.16. The predicted octanol–water partition coefficient (Wildman–Crippen LogP) is 4.74. The fraction of sp³-hybridized carbons (Fsp3) is 0.318. The summed E-state index contributed by atoms with van der Waals surface area (Å²) < 4.78 is 73.8. The molecule has 0 amide bonds. The molecule has 0 spiro atoms. The van der Waals surface area contributed by atoms with Crippen LogP contribution in [0.3, 0.4) is 0 Å². The highest BCUT2D eigenvalue weighted by Gasteiger charge is 2.29. The third-order valence-corrected chi connectivity index (χ3v) is 5.19. The molecule has 0 aliphatic rings. The van der Waals surface area contributed by atoms with Crippen LogP contribution in [-0.4, -0.2) is 39.8 Å². The van der Waals surface area contributed by atoms with Gasteiger partial charge in [-0.3, -0.25) is 0 Å². The number of anilines is 2. The Morgan fingerprint density at radius 3 is 2.09 bits per heavy atom. The van der Waals surface area contributed by atoms with Crippen LogP contribution in [-0.2, 0) is 0 Å². The molecule has 3 aromatic rings. The van der Waals surface area contributed by atoms with E-state index in [-0.39, 0.29) is 24.5 Å². The van der Waals surface area contributed by atoms with Crippen molar-refractivity contribution in [2.75, 3.05) is 23.9 Å². The van der Waals surface area contributed by atoms with Gasteiger partial charge in [-0.05, 0) is 18.9 Å². The van der Waals surface area contributed by atoms with Gasteiger partial charge in [-0.25, -0.2) is 13.2 Å². The van der Waals surface area contributed by atoms with E-state index >= 15 is 0 Å². The molecule has 0 radical (unpaired) electrons. The molecule has 1 heterocycles. The van der Waals surface area contributed by atoms with Gasteiger partial charge in [0.05, 0.1) is 18.7 Å². The average molecular weight is 483 g/mol. The largest absolute Gasteiger partial charge is 0.418 e. The molecule has 1 aromatic heterocycles. The van der Waals surface area contributed by atoms with Gasteiger partial charge in [-0.15, -0.1) is 0 Å². The highest BCUT2D eigenvalue weighted by atomic mass is 19.2. The molecule has 0 aliphatic heterocycles. The van der Waals surface area contributed by atoms with Gasteiger partial charge in [0, 0.05) is 7.05 Å². The molecule has 2 aromatic carbocycles. The van der Waals surface area contributed by atoms with Crippen molar-refractivity contribution in [1.29, 1.82) is 0 Å². The van der Waals surface area contributed by atoms with Crippen LogP contribution in [0.25, 0.3) is 0 Å². The van der Waals surface area contributed by atoms with Crippen molar-refractivity contribution < 1.29 is 31.8 Å². The highest BCUT2D eigenvalue weighted by Crippen LogP contribution is 2.33. The van der Waals surface area contributed by atoms with E-state index in [4.69, 9.17) is 4.74 Å². The second kappa shape index (κ2) is 10.6. The summed E-state index contributed by atoms with van der Waals surface area (Å²) in [6, 6.07) is 7.79. The summed E-state index contributed by atoms with van der Waals surface area (Å²) in [5, 5.41) is 12.3. The fourth-order valence-electron chi connectivity index (χ4n) is 2.97. The van der Waals surface area contributed by atoms with E-state index in [0.29, 0.717) is 6.42 Å². The summed E-state index contributed by atoms with van der Waals surface area (Å²) in [6.07, 6.45) is 0.474. The summed E-state index contributed by atoms with van der Waals surface area (Å²) in [5.41, 5.74) is 0.893. The first kappa shape index (κ1) is 25.1. The predicted molar refractivity (Wildman–Crippen MR) is 114 cm³/mol. The normalized spacial score (nSPS) is 12.9. The molecule has 0 unspecified atom stereocenters. The number of halogens is 5. The van der Waals surface area contributed by atoms with Gasteiger partial charge in [-0.2, -0.15) is 23.7 Å². The summed E-state index contributed by atoms with van der Waals surface area (Å²) >= 11 is 0. The van der Waals surface area contributed by atoms with Crippen molar-refractivity contribution in [3.8, 4) is 11.8 Å². The van der Waals surface area contributed by atoms with E-state index in [2.05, 4.69) is 20.3 Å². The van der Waals surface area contributed by atoms with E-state index in [1.807, 2.05) is 37.3 Å². The molecule has 2 atom stereocenters. The smallest absolute Gasteiger partial charge is 0.328 e. The number of nitrogens with one attached hydrogen (secondary N) is 1. The SMILES string of the molecule is CC[C@H](CO)Nc1nc(Oc2c(F)c(F)c(F)c(F)c2F)nc(N(C)[C@@H](C)c2ccccc2)n1. The number of ether oxygens (including phenoxy) is 1. The number of hydrogen-bond donors (Lipinski definition) is 2. The lowest BCUT2D eigenvalue weighted by Crippen LogP contribution is -2.27. The van der Waals surface area contributed by atoms with Gasteiger partial charge in [0.15, 0.2) is 0 Å². The summed E-state index contributed by atoms with van der Waals surface area (Å²) in [6.45, 7) is 3.35. The van der Waals surface area contributed by atoms with Gasteiger partial charge < -0.3 is 20.1 Å². The first-order valence-corrected chi connectivity index (χ1v) is 10.3. The third-order valence-electron chi connectivity index (χ3n) is 5.19. The maximum Gasteiger partial charge on any atom is 0.328 e. The van der Waals surface area contributed by atoms with Crippen LogP contribution >= 0.6 is 0 Å². The molecule has 0 aliphatic carbocycles. The lowest BCUT2D eigenvalue weighted by atomic mass is 10.1. The topological polar surface area (TPSA) is 83.4 Å². The number of aromatic nitrogens is 3. The summed E-state index contributed by atoms with van der Waals surface area (Å²) in [4.78, 5) is 13.7. The molecule has 0 saturated heterocycles. The molecule has 0 saturated carbocycles. The van der Waals surface area contributed by atoms with Crippen molar-refractivity contribution in [2.24, 2.45) is 0 Å². The Morgan fingerprint density at radius 1 is 0.941 bits per heavy atom. The lowest BCUT2D eigenvalue weighted by molar-refractivity contribution is 0.271. The first-order chi connectivity index (χ1) is 16.2. The number of aliphatic hydroxyl groups is 1. The standard InChI is InChI=1S/C22H22F5N5O2/c1-4-13(10-33)28-20-29-21(32(3)11(2)12-8-6-5-7-9-12)31-22(30-20)34-19-17(26)15(24)14(23)16(25)18(19)27/h5-9,11,13,33H,4,10H2,1-3H3,(H,28,29,30,31)/t11-,13+/m0/s1. The molecule has 7 nitrogen and oxygen atoms in total. The zero-order valence-corrected chi connectivity index (χ0v) is 18.5. The van der Waals surface area contributed by atoms with Gasteiger partial charge in [0.25, 0.3) is 0 Å². The maximum atomic E-state index is 14.1. The van der Waals surface area contributed by atoms with E-state index in [9.17, 15) is 27.1 Å². The van der Waals surface area contributed by atoms with Crippen LogP contribution in [0.1, 0.15) is 31.9 Å². The Bertz CT molecular complexity index is 1120. The van der Waals surface area contributed by atoms with E-state index in [0.717, 1.165) is 5.56 Å². The molecule has 182 valence electrons. The van der Waals surface area contributed by atoms with Crippen LogP contribution in [0.2, 0.25) is 0 Å². The van der Waals surface area contributed by atoms with Crippen molar-refractivity contribution in [3.63, 3.8) is 0 Å². The van der Waals surface area contributed by atoms with Crippen LogP contribution in [0.4, 0.5) is 33.8 Å². The maximum absolute atomic E-state index is 14.1. The Morgan fingerprint density at radius 2 is 1.53 bits per heavy atom. The average Bonchev–Trinajstić information content (AvgIpc) is 2.86. The summed E-state index contributed by atoms with van der Waals surface area (Å²) in [7, 11) is 1.64. The Balaban J connectivity index is 2.05. The lowest BCUT2D eigenvalue weighted by Gasteiger charge is -2.26. The quantitative estimate of drug-likeness (QED) is 0.258. The molecule has 34 heavy (non-hydrogen) atoms. The van der Waals surface area contributed by atoms with Crippen molar-refractivity contribution >= 4 is 11.9 Å². The monoisotopic (exact) mass is 483 g/mol. The molecule has 2 N–H and O–H groups in total. The van der Waals surface area contributed by atoms with Crippen LogP contribution < -0.4 is 15.0 Å². The molecule has 0 bridgehead atoms. The zero-order chi connectivity index (χ0) is 25.0. The molecule has 3 rings (SSSR count). The van der Waals surface area contributed by atoms with Crippen molar-refractivity contribution in [1.82, 2.24) is 15.0 Å². The van der Waals surface area contributed by atoms with Crippen LogP contribution in [0.15, 0.2) is 30.3 Å². The number of nitrogens with zero attached hydrogens (tertiary/aromatic N) is 4. The van der Waals surface area contributed by atoms with E-state index in [1.54, 1.807) is 18.9 Å². The van der Waals surface area contributed by atoms with E-state index in [1.165, 1.54) is 0 Å². The number of benzene rings is 2. The zero-order valence-electron chi connectivity index (χ0n) is 18.5. The minimum absolute atomic E-state index is 0.0134. The number of hydrogen-bond acceptors (Lipinski definition) is 7. The second-order valence-corrected chi connectivity index (χ2v) is 7.37. The van der Waals surface area contributed by atoms with Crippen LogP contribution in [0, 0.1) is 29.1 Å². The highest BCUT2D eigenvalue weighted by molar-refractivity contribution is 5.42. The Hall–Kier alpha value is -3.54. The van der Waals surface area contributed by atoms with Crippen molar-refractivity contribution in [3.05, 3.63) is 65.0 Å². The van der Waals surface area contributed by atoms with Gasteiger partial charge in [0.2, 0.25) is 46.7 Å².